The van der Waals surface area contributed by atoms with Gasteiger partial charge in [0.2, 0.25) is 11.8 Å². The molecule has 1 aromatic rings. The summed E-state index contributed by atoms with van der Waals surface area (Å²) in [4.78, 5) is 39.0. The van der Waals surface area contributed by atoms with Gasteiger partial charge in [0.15, 0.2) is 5.72 Å². The Bertz CT molecular complexity index is 825. The third kappa shape index (κ3) is 2.59. The molecule has 7 nitrogen and oxygen atoms in total. The zero-order valence-corrected chi connectivity index (χ0v) is 15.1. The number of para-hydroxylation sites is 1. The Labute approximate surface area is 157 Å². The van der Waals surface area contributed by atoms with Crippen molar-refractivity contribution in [3.63, 3.8) is 0 Å². The number of nitrogens with one attached hydrogen (secondary N) is 2. The normalized spacial score (nSPS) is 34.5. The molecule has 3 saturated carbocycles. The second kappa shape index (κ2) is 5.97. The highest BCUT2D eigenvalue weighted by Crippen LogP contribution is 2.52. The van der Waals surface area contributed by atoms with Crippen LogP contribution in [0.25, 0.3) is 0 Å². The van der Waals surface area contributed by atoms with Gasteiger partial charge >= 0.3 is 0 Å². The van der Waals surface area contributed by atoms with Gasteiger partial charge in [-0.1, -0.05) is 12.1 Å². The lowest BCUT2D eigenvalue weighted by molar-refractivity contribution is -0.158. The lowest BCUT2D eigenvalue weighted by atomic mass is 9.59. The molecular formula is C20H23N3O4. The first-order valence-electron chi connectivity index (χ1n) is 9.72. The fourth-order valence-corrected chi connectivity index (χ4v) is 5.32. The number of benzene rings is 1. The summed E-state index contributed by atoms with van der Waals surface area (Å²) in [6, 6.07) is 7.32. The van der Waals surface area contributed by atoms with E-state index in [0.29, 0.717) is 37.2 Å². The molecule has 2 N–H and O–H groups in total. The number of fused-ring (bicyclic) bond motifs is 3. The summed E-state index contributed by atoms with van der Waals surface area (Å²) in [7, 11) is 0. The van der Waals surface area contributed by atoms with Gasteiger partial charge in [-0.15, -0.1) is 0 Å². The zero-order chi connectivity index (χ0) is 18.6. The minimum atomic E-state index is -0.704. The number of carbonyl (C=O) groups excluding carboxylic acids is 3. The first-order chi connectivity index (χ1) is 13.1. The van der Waals surface area contributed by atoms with Crippen molar-refractivity contribution in [3.05, 3.63) is 29.8 Å². The third-order valence-corrected chi connectivity index (χ3v) is 6.63. The van der Waals surface area contributed by atoms with Crippen LogP contribution < -0.4 is 15.4 Å². The number of hydrogen-bond acceptors (Lipinski definition) is 4. The molecule has 1 saturated heterocycles. The third-order valence-electron chi connectivity index (χ3n) is 6.63. The van der Waals surface area contributed by atoms with Gasteiger partial charge < -0.3 is 20.3 Å². The van der Waals surface area contributed by atoms with Crippen LogP contribution in [0.5, 0.6) is 5.75 Å². The monoisotopic (exact) mass is 369 g/mol. The molecule has 2 heterocycles. The van der Waals surface area contributed by atoms with Crippen LogP contribution in [0.15, 0.2) is 24.3 Å². The fourth-order valence-electron chi connectivity index (χ4n) is 5.32. The van der Waals surface area contributed by atoms with Crippen LogP contribution in [0.1, 0.15) is 36.0 Å². The van der Waals surface area contributed by atoms with Crippen LogP contribution in [0.2, 0.25) is 0 Å². The Kier molecular flexibility index (Phi) is 3.67. The summed E-state index contributed by atoms with van der Waals surface area (Å²) in [6.45, 7) is 1.24. The van der Waals surface area contributed by atoms with Crippen LogP contribution in [-0.2, 0) is 9.59 Å². The maximum absolute atomic E-state index is 13.0. The minimum absolute atomic E-state index is 0.0805. The van der Waals surface area contributed by atoms with Crippen LogP contribution in [0.4, 0.5) is 0 Å². The molecule has 2 aliphatic heterocycles. The van der Waals surface area contributed by atoms with Gasteiger partial charge in [0.1, 0.15) is 5.75 Å². The summed E-state index contributed by atoms with van der Waals surface area (Å²) in [6.07, 6.45) is 3.25. The second-order valence-corrected chi connectivity index (χ2v) is 8.13. The first-order valence-corrected chi connectivity index (χ1v) is 9.72. The van der Waals surface area contributed by atoms with Gasteiger partial charge in [-0.05, 0) is 37.3 Å². The summed E-state index contributed by atoms with van der Waals surface area (Å²) < 4.78 is 6.33. The highest BCUT2D eigenvalue weighted by Gasteiger charge is 2.57. The Morgan fingerprint density at radius 2 is 2.07 bits per heavy atom. The average molecular weight is 369 g/mol. The summed E-state index contributed by atoms with van der Waals surface area (Å²) in [5.41, 5.74) is -0.138. The summed E-state index contributed by atoms with van der Waals surface area (Å²) >= 11 is 0. The highest BCUT2D eigenvalue weighted by atomic mass is 16.5. The van der Waals surface area contributed by atoms with Crippen molar-refractivity contribution < 1.29 is 19.1 Å². The van der Waals surface area contributed by atoms with E-state index in [-0.39, 0.29) is 42.0 Å². The van der Waals surface area contributed by atoms with Crippen LogP contribution >= 0.6 is 0 Å². The molecule has 0 aromatic heterocycles. The Balaban J connectivity index is 1.37. The van der Waals surface area contributed by atoms with E-state index < -0.39 is 5.72 Å². The van der Waals surface area contributed by atoms with Gasteiger partial charge in [0.25, 0.3) is 5.91 Å². The van der Waals surface area contributed by atoms with E-state index in [9.17, 15) is 14.4 Å². The summed E-state index contributed by atoms with van der Waals surface area (Å²) in [5.74, 6) is 0.705. The summed E-state index contributed by atoms with van der Waals surface area (Å²) in [5, 5.41) is 5.88. The molecule has 0 unspecified atom stereocenters. The van der Waals surface area contributed by atoms with E-state index in [1.54, 1.807) is 11.0 Å². The minimum Gasteiger partial charge on any atom is -0.467 e. The molecule has 0 radical (unpaired) electrons. The molecule has 1 spiro atoms. The number of nitrogens with zero attached hydrogens (tertiary/aromatic N) is 1. The lowest BCUT2D eigenvalue weighted by Gasteiger charge is -2.55. The number of amides is 3. The molecule has 142 valence electrons. The molecule has 5 aliphatic rings. The topological polar surface area (TPSA) is 87.7 Å². The van der Waals surface area contributed by atoms with Crippen LogP contribution in [0.3, 0.4) is 0 Å². The van der Waals surface area contributed by atoms with Gasteiger partial charge in [0.05, 0.1) is 12.1 Å². The van der Waals surface area contributed by atoms with Gasteiger partial charge in [-0.3, -0.25) is 14.4 Å². The molecule has 1 aromatic carbocycles. The SMILES string of the molecule is O=C1CN(C(=O)[C@H]2C[C@H]3CC[C@@H]2C[C@]32NC(=O)c3ccccc3O2)CCN1. The molecule has 6 rings (SSSR count). The van der Waals surface area contributed by atoms with E-state index in [1.165, 1.54) is 0 Å². The van der Waals surface area contributed by atoms with Crippen molar-refractivity contribution in [2.24, 2.45) is 17.8 Å². The number of ether oxygens (including phenoxy) is 1. The zero-order valence-electron chi connectivity index (χ0n) is 15.1. The maximum atomic E-state index is 13.0. The average Bonchev–Trinajstić information content (AvgIpc) is 2.68. The van der Waals surface area contributed by atoms with Crippen molar-refractivity contribution >= 4 is 17.7 Å². The first kappa shape index (κ1) is 16.6. The van der Waals surface area contributed by atoms with E-state index in [2.05, 4.69) is 10.6 Å². The number of piperazine rings is 1. The highest BCUT2D eigenvalue weighted by molar-refractivity contribution is 5.98. The number of rotatable bonds is 1. The molecular weight excluding hydrogens is 346 g/mol. The molecule has 3 aliphatic carbocycles. The quantitative estimate of drug-likeness (QED) is 0.770. The van der Waals surface area contributed by atoms with Gasteiger partial charge in [-0.25, -0.2) is 0 Å². The largest absolute Gasteiger partial charge is 0.467 e. The lowest BCUT2D eigenvalue weighted by Crippen LogP contribution is -2.67. The van der Waals surface area contributed by atoms with E-state index in [4.69, 9.17) is 4.74 Å². The van der Waals surface area contributed by atoms with E-state index in [0.717, 1.165) is 12.8 Å². The molecule has 7 heteroatoms. The Hall–Kier alpha value is -2.57. The molecule has 2 bridgehead atoms. The predicted molar refractivity (Wildman–Crippen MR) is 95.8 cm³/mol. The smallest absolute Gasteiger partial charge is 0.258 e. The van der Waals surface area contributed by atoms with Gasteiger partial charge in [0, 0.05) is 31.3 Å². The van der Waals surface area contributed by atoms with E-state index >= 15 is 0 Å². The molecule has 27 heavy (non-hydrogen) atoms. The molecule has 4 atom stereocenters. The van der Waals surface area contributed by atoms with E-state index in [1.807, 2.05) is 18.2 Å². The van der Waals surface area contributed by atoms with Crippen LogP contribution in [0, 0.1) is 17.8 Å². The van der Waals surface area contributed by atoms with Crippen LogP contribution in [-0.4, -0.2) is 48.0 Å². The number of hydrogen-bond donors (Lipinski definition) is 2. The number of carbonyl (C=O) groups is 3. The fraction of sp³-hybridized carbons (Fsp3) is 0.550. The van der Waals surface area contributed by atoms with Crippen molar-refractivity contribution in [2.75, 3.05) is 19.6 Å². The van der Waals surface area contributed by atoms with Crippen molar-refractivity contribution in [3.8, 4) is 5.75 Å². The predicted octanol–water partition coefficient (Wildman–Crippen LogP) is 0.900. The van der Waals surface area contributed by atoms with Crippen molar-refractivity contribution in [1.82, 2.24) is 15.5 Å². The molecule has 4 fully saturated rings. The molecule has 3 amide bonds. The second-order valence-electron chi connectivity index (χ2n) is 8.13. The Morgan fingerprint density at radius 1 is 1.22 bits per heavy atom. The van der Waals surface area contributed by atoms with Crippen molar-refractivity contribution in [2.45, 2.75) is 31.4 Å². The van der Waals surface area contributed by atoms with Gasteiger partial charge in [-0.2, -0.15) is 0 Å². The Morgan fingerprint density at radius 3 is 2.85 bits per heavy atom. The standard InChI is InChI=1S/C20H23N3O4/c24-17-11-23(8-7-21-17)19(26)15-9-13-6-5-12(15)10-20(13)22-18(25)14-3-1-2-4-16(14)27-20/h1-4,12-13,15H,5-11H2,(H,21,24)(H,22,25)/t12-,13-,15+,20-/m1/s1. The maximum Gasteiger partial charge on any atom is 0.258 e. The van der Waals surface area contributed by atoms with Crippen molar-refractivity contribution in [1.29, 1.82) is 0 Å².